The van der Waals surface area contributed by atoms with E-state index in [2.05, 4.69) is 5.10 Å². The molecule has 0 unspecified atom stereocenters. The van der Waals surface area contributed by atoms with Crippen molar-refractivity contribution in [2.24, 2.45) is 7.05 Å². The van der Waals surface area contributed by atoms with Crippen LogP contribution in [-0.2, 0) is 16.6 Å². The van der Waals surface area contributed by atoms with Crippen LogP contribution in [-0.4, -0.2) is 64.9 Å². The number of ether oxygens (including phenoxy) is 1. The summed E-state index contributed by atoms with van der Waals surface area (Å²) < 4.78 is 6.54. The van der Waals surface area contributed by atoms with Gasteiger partial charge in [0.2, 0.25) is 5.82 Å². The summed E-state index contributed by atoms with van der Waals surface area (Å²) in [6.07, 6.45) is 0.820. The lowest BCUT2D eigenvalue weighted by Gasteiger charge is -2.22. The highest BCUT2D eigenvalue weighted by Crippen LogP contribution is 2.31. The minimum Gasteiger partial charge on any atom is -0.465 e. The maximum atomic E-state index is 11.6. The molecule has 0 bridgehead atoms. The Hall–Kier alpha value is -2.16. The highest BCUT2D eigenvalue weighted by molar-refractivity contribution is 5.71. The molecule has 128 valence electrons. The predicted molar refractivity (Wildman–Crippen MR) is 84.5 cm³/mol. The van der Waals surface area contributed by atoms with Crippen LogP contribution in [0.1, 0.15) is 19.0 Å². The van der Waals surface area contributed by atoms with E-state index in [0.717, 1.165) is 13.0 Å². The van der Waals surface area contributed by atoms with E-state index in [9.17, 15) is 14.9 Å². The first-order valence-electron chi connectivity index (χ1n) is 7.75. The van der Waals surface area contributed by atoms with E-state index in [1.807, 2.05) is 9.80 Å². The molecular weight excluding hydrogens is 302 g/mol. The van der Waals surface area contributed by atoms with Gasteiger partial charge in [-0.25, -0.2) is 4.68 Å². The Morgan fingerprint density at radius 3 is 2.74 bits per heavy atom. The Bertz CT molecular complexity index is 586. The fourth-order valence-electron chi connectivity index (χ4n) is 2.93. The van der Waals surface area contributed by atoms with Gasteiger partial charge in [0.1, 0.15) is 5.69 Å². The smallest absolute Gasteiger partial charge is 0.333 e. The molecule has 2 rings (SSSR count). The number of carbonyl (C=O) groups excluding carboxylic acids is 1. The third-order valence-corrected chi connectivity index (χ3v) is 3.89. The molecule has 1 fully saturated rings. The van der Waals surface area contributed by atoms with E-state index in [0.29, 0.717) is 37.8 Å². The van der Waals surface area contributed by atoms with Crippen LogP contribution in [0.4, 0.5) is 11.5 Å². The Labute approximate surface area is 134 Å². The number of carbonyl (C=O) groups is 1. The van der Waals surface area contributed by atoms with Gasteiger partial charge >= 0.3 is 11.7 Å². The van der Waals surface area contributed by atoms with Crippen molar-refractivity contribution in [3.8, 4) is 0 Å². The van der Waals surface area contributed by atoms with Gasteiger partial charge in [-0.05, 0) is 20.3 Å². The SMILES string of the molecule is CCOC(=O)CN1CCCN(c2c([N+](=O)[O-])c(C)nn2C)CC1. The Balaban J connectivity index is 2.09. The van der Waals surface area contributed by atoms with Gasteiger partial charge in [-0.2, -0.15) is 5.10 Å². The van der Waals surface area contributed by atoms with Crippen LogP contribution in [0.15, 0.2) is 0 Å². The van der Waals surface area contributed by atoms with E-state index in [1.54, 1.807) is 25.6 Å². The van der Waals surface area contributed by atoms with Crippen LogP contribution >= 0.6 is 0 Å². The summed E-state index contributed by atoms with van der Waals surface area (Å²) in [5.41, 5.74) is 0.478. The molecule has 0 saturated carbocycles. The molecule has 0 radical (unpaired) electrons. The maximum absolute atomic E-state index is 11.6. The van der Waals surface area contributed by atoms with E-state index in [-0.39, 0.29) is 23.1 Å². The highest BCUT2D eigenvalue weighted by atomic mass is 16.6. The van der Waals surface area contributed by atoms with Crippen molar-refractivity contribution < 1.29 is 14.5 Å². The second-order valence-corrected chi connectivity index (χ2v) is 5.56. The standard InChI is InChI=1S/C14H23N5O4/c1-4-23-12(20)10-17-6-5-7-18(9-8-17)14-13(19(21)22)11(2)15-16(14)3/h4-10H2,1-3H3. The van der Waals surface area contributed by atoms with E-state index in [1.165, 1.54) is 0 Å². The van der Waals surface area contributed by atoms with Crippen LogP contribution < -0.4 is 4.90 Å². The molecule has 1 aliphatic heterocycles. The molecule has 1 aliphatic rings. The molecule has 1 aromatic heterocycles. The topological polar surface area (TPSA) is 93.7 Å². The molecule has 0 aromatic carbocycles. The van der Waals surface area contributed by atoms with Crippen molar-refractivity contribution in [3.63, 3.8) is 0 Å². The summed E-state index contributed by atoms with van der Waals surface area (Å²) in [4.78, 5) is 26.5. The van der Waals surface area contributed by atoms with Crippen molar-refractivity contribution in [2.45, 2.75) is 20.3 Å². The average Bonchev–Trinajstić information content (AvgIpc) is 2.63. The lowest BCUT2D eigenvalue weighted by atomic mass is 10.3. The molecule has 0 amide bonds. The molecule has 9 nitrogen and oxygen atoms in total. The molecule has 2 heterocycles. The van der Waals surface area contributed by atoms with Gasteiger partial charge in [-0.3, -0.25) is 19.8 Å². The molecular formula is C14H23N5O4. The highest BCUT2D eigenvalue weighted by Gasteiger charge is 2.29. The lowest BCUT2D eigenvalue weighted by Crippen LogP contribution is -2.35. The van der Waals surface area contributed by atoms with Gasteiger partial charge in [0.05, 0.1) is 18.1 Å². The lowest BCUT2D eigenvalue weighted by molar-refractivity contribution is -0.384. The molecule has 0 atom stereocenters. The van der Waals surface area contributed by atoms with E-state index < -0.39 is 0 Å². The van der Waals surface area contributed by atoms with Crippen LogP contribution in [0.25, 0.3) is 0 Å². The van der Waals surface area contributed by atoms with Crippen LogP contribution in [0, 0.1) is 17.0 Å². The first-order chi connectivity index (χ1) is 10.9. The predicted octanol–water partition coefficient (Wildman–Crippen LogP) is 0.712. The van der Waals surface area contributed by atoms with Crippen molar-refractivity contribution in [1.82, 2.24) is 14.7 Å². The Morgan fingerprint density at radius 2 is 2.09 bits per heavy atom. The number of nitro groups is 1. The van der Waals surface area contributed by atoms with Gasteiger partial charge in [-0.1, -0.05) is 0 Å². The average molecular weight is 325 g/mol. The second-order valence-electron chi connectivity index (χ2n) is 5.56. The van der Waals surface area contributed by atoms with Crippen molar-refractivity contribution in [3.05, 3.63) is 15.8 Å². The summed E-state index contributed by atoms with van der Waals surface area (Å²) in [5, 5.41) is 15.5. The Morgan fingerprint density at radius 1 is 1.35 bits per heavy atom. The van der Waals surface area contributed by atoms with Crippen molar-refractivity contribution >= 4 is 17.5 Å². The van der Waals surface area contributed by atoms with Crippen LogP contribution in [0.2, 0.25) is 0 Å². The van der Waals surface area contributed by atoms with Gasteiger partial charge < -0.3 is 9.64 Å². The fraction of sp³-hybridized carbons (Fsp3) is 0.714. The number of rotatable bonds is 5. The zero-order chi connectivity index (χ0) is 17.0. The molecule has 1 aromatic rings. The molecule has 0 aliphatic carbocycles. The van der Waals surface area contributed by atoms with E-state index >= 15 is 0 Å². The number of aryl methyl sites for hydroxylation is 2. The summed E-state index contributed by atoms with van der Waals surface area (Å²) >= 11 is 0. The molecule has 0 N–H and O–H groups in total. The minimum atomic E-state index is -0.376. The van der Waals surface area contributed by atoms with Gasteiger partial charge in [0, 0.05) is 33.2 Å². The second kappa shape index (κ2) is 7.40. The monoisotopic (exact) mass is 325 g/mol. The summed E-state index contributed by atoms with van der Waals surface area (Å²) in [5.74, 6) is 0.300. The summed E-state index contributed by atoms with van der Waals surface area (Å²) in [7, 11) is 1.72. The number of hydrogen-bond acceptors (Lipinski definition) is 7. The third kappa shape index (κ3) is 3.98. The third-order valence-electron chi connectivity index (χ3n) is 3.89. The molecule has 1 saturated heterocycles. The summed E-state index contributed by atoms with van der Waals surface area (Å²) in [6, 6.07) is 0. The van der Waals surface area contributed by atoms with Crippen molar-refractivity contribution in [2.75, 3.05) is 44.2 Å². The molecule has 23 heavy (non-hydrogen) atoms. The summed E-state index contributed by atoms with van der Waals surface area (Å²) in [6.45, 7) is 6.78. The number of esters is 1. The first kappa shape index (κ1) is 17.2. The normalized spacial score (nSPS) is 16.2. The number of anilines is 1. The minimum absolute atomic E-state index is 0.0614. The van der Waals surface area contributed by atoms with Gasteiger partial charge in [-0.15, -0.1) is 0 Å². The Kier molecular flexibility index (Phi) is 5.54. The zero-order valence-electron chi connectivity index (χ0n) is 13.8. The maximum Gasteiger partial charge on any atom is 0.333 e. The number of hydrogen-bond donors (Lipinski definition) is 0. The zero-order valence-corrected chi connectivity index (χ0v) is 13.8. The van der Waals surface area contributed by atoms with Gasteiger partial charge in [0.25, 0.3) is 0 Å². The molecule has 9 heteroatoms. The molecule has 0 spiro atoms. The van der Waals surface area contributed by atoms with Gasteiger partial charge in [0.15, 0.2) is 0 Å². The van der Waals surface area contributed by atoms with Crippen molar-refractivity contribution in [1.29, 1.82) is 0 Å². The first-order valence-corrected chi connectivity index (χ1v) is 7.75. The number of nitrogens with zero attached hydrogens (tertiary/aromatic N) is 5. The quantitative estimate of drug-likeness (QED) is 0.447. The fourth-order valence-corrected chi connectivity index (χ4v) is 2.93. The van der Waals surface area contributed by atoms with Crippen LogP contribution in [0.3, 0.4) is 0 Å². The largest absolute Gasteiger partial charge is 0.465 e. The van der Waals surface area contributed by atoms with Crippen LogP contribution in [0.5, 0.6) is 0 Å². The number of aromatic nitrogens is 2. The van der Waals surface area contributed by atoms with E-state index in [4.69, 9.17) is 4.74 Å².